The van der Waals surface area contributed by atoms with Crippen molar-refractivity contribution in [1.29, 1.82) is 0 Å². The van der Waals surface area contributed by atoms with Crippen LogP contribution in [0.1, 0.15) is 72.1 Å². The average Bonchev–Trinajstić information content (AvgIpc) is 2.26. The van der Waals surface area contributed by atoms with Crippen LogP contribution in [0, 0.1) is 0 Å². The van der Waals surface area contributed by atoms with E-state index >= 15 is 0 Å². The van der Waals surface area contributed by atoms with Gasteiger partial charge in [-0.25, -0.2) is 0 Å². The molecule has 0 aromatic heterocycles. The molecule has 88 valence electrons. The second kappa shape index (κ2) is 11.6. The molecule has 0 unspecified atom stereocenters. The third kappa shape index (κ3) is 11.4. The van der Waals surface area contributed by atoms with Gasteiger partial charge >= 0.3 is 0 Å². The van der Waals surface area contributed by atoms with Gasteiger partial charge in [0.1, 0.15) is 0 Å². The fourth-order valence-electron chi connectivity index (χ4n) is 1.49. The first-order chi connectivity index (χ1) is 7.31. The highest BCUT2D eigenvalue weighted by atomic mass is 13.9. The van der Waals surface area contributed by atoms with E-state index in [0.29, 0.717) is 0 Å². The van der Waals surface area contributed by atoms with E-state index in [0.717, 1.165) is 6.42 Å². The molecule has 0 heterocycles. The van der Waals surface area contributed by atoms with Crippen molar-refractivity contribution in [2.24, 2.45) is 0 Å². The van der Waals surface area contributed by atoms with Gasteiger partial charge in [0, 0.05) is 0 Å². The molecule has 0 radical (unpaired) electrons. The van der Waals surface area contributed by atoms with Crippen molar-refractivity contribution in [3.8, 4) is 0 Å². The van der Waals surface area contributed by atoms with Crippen LogP contribution in [-0.2, 0) is 0 Å². The standard InChI is InChI=1S/C15H28/c1-4-6-7-8-9-10-11-12-13-14-15(3)5-2/h11-12,14H,4-10,13H2,1-3H3. The smallest absolute Gasteiger partial charge is 0.0167 e. The summed E-state index contributed by atoms with van der Waals surface area (Å²) in [6, 6.07) is 0. The Morgan fingerprint density at radius 2 is 1.67 bits per heavy atom. The van der Waals surface area contributed by atoms with Crippen LogP contribution in [0.3, 0.4) is 0 Å². The van der Waals surface area contributed by atoms with Crippen LogP contribution in [-0.4, -0.2) is 0 Å². The van der Waals surface area contributed by atoms with Gasteiger partial charge in [-0.05, 0) is 32.6 Å². The Kier molecular flexibility index (Phi) is 11.2. The van der Waals surface area contributed by atoms with E-state index in [-0.39, 0.29) is 0 Å². The van der Waals surface area contributed by atoms with Crippen LogP contribution < -0.4 is 0 Å². The van der Waals surface area contributed by atoms with Crippen LogP contribution in [0.2, 0.25) is 0 Å². The molecule has 0 fully saturated rings. The minimum Gasteiger partial charge on any atom is -0.0882 e. The number of hydrogen-bond acceptors (Lipinski definition) is 0. The van der Waals surface area contributed by atoms with Crippen molar-refractivity contribution >= 4 is 0 Å². The van der Waals surface area contributed by atoms with Gasteiger partial charge in [-0.3, -0.25) is 0 Å². The fourth-order valence-corrected chi connectivity index (χ4v) is 1.49. The number of unbranched alkanes of at least 4 members (excludes halogenated alkanes) is 5. The molecule has 0 aromatic carbocycles. The van der Waals surface area contributed by atoms with Gasteiger partial charge < -0.3 is 0 Å². The molecule has 15 heavy (non-hydrogen) atoms. The van der Waals surface area contributed by atoms with Gasteiger partial charge in [0.2, 0.25) is 0 Å². The van der Waals surface area contributed by atoms with Crippen molar-refractivity contribution in [2.45, 2.75) is 72.1 Å². The third-order valence-electron chi connectivity index (χ3n) is 2.80. The number of hydrogen-bond donors (Lipinski definition) is 0. The zero-order valence-electron chi connectivity index (χ0n) is 10.9. The lowest BCUT2D eigenvalue weighted by Gasteiger charge is -1.96. The summed E-state index contributed by atoms with van der Waals surface area (Å²) in [4.78, 5) is 0. The van der Waals surface area contributed by atoms with Crippen molar-refractivity contribution in [2.75, 3.05) is 0 Å². The SMILES string of the molecule is CCCCCCCC=CCC=C(C)CC. The van der Waals surface area contributed by atoms with Gasteiger partial charge in [0.15, 0.2) is 0 Å². The Balaban J connectivity index is 3.24. The second-order valence-electron chi connectivity index (χ2n) is 4.31. The second-order valence-corrected chi connectivity index (χ2v) is 4.31. The highest BCUT2D eigenvalue weighted by Gasteiger charge is 1.86. The summed E-state index contributed by atoms with van der Waals surface area (Å²) < 4.78 is 0. The van der Waals surface area contributed by atoms with Gasteiger partial charge in [-0.15, -0.1) is 0 Å². The summed E-state index contributed by atoms with van der Waals surface area (Å²) in [5.74, 6) is 0. The van der Waals surface area contributed by atoms with E-state index in [2.05, 4.69) is 39.0 Å². The molecule has 0 aliphatic rings. The summed E-state index contributed by atoms with van der Waals surface area (Å²) in [6.07, 6.45) is 17.5. The summed E-state index contributed by atoms with van der Waals surface area (Å²) in [6.45, 7) is 6.68. The van der Waals surface area contributed by atoms with Crippen LogP contribution in [0.4, 0.5) is 0 Å². The van der Waals surface area contributed by atoms with E-state index in [1.54, 1.807) is 0 Å². The van der Waals surface area contributed by atoms with Crippen LogP contribution >= 0.6 is 0 Å². The summed E-state index contributed by atoms with van der Waals surface area (Å²) >= 11 is 0. The largest absolute Gasteiger partial charge is 0.0882 e. The lowest BCUT2D eigenvalue weighted by molar-refractivity contribution is 0.637. The number of rotatable bonds is 9. The van der Waals surface area contributed by atoms with E-state index in [1.165, 1.54) is 50.5 Å². The minimum absolute atomic E-state index is 1.12. The molecule has 0 heteroatoms. The monoisotopic (exact) mass is 208 g/mol. The molecule has 0 spiro atoms. The predicted octanol–water partition coefficient (Wildman–Crippen LogP) is 5.65. The first kappa shape index (κ1) is 14.5. The molecule has 0 rings (SSSR count). The zero-order valence-corrected chi connectivity index (χ0v) is 10.9. The molecule has 0 atom stereocenters. The minimum atomic E-state index is 1.12. The third-order valence-corrected chi connectivity index (χ3v) is 2.80. The van der Waals surface area contributed by atoms with Crippen molar-refractivity contribution in [3.05, 3.63) is 23.8 Å². The van der Waals surface area contributed by atoms with E-state index in [1.807, 2.05) is 0 Å². The predicted molar refractivity (Wildman–Crippen MR) is 71.2 cm³/mol. The maximum Gasteiger partial charge on any atom is -0.0167 e. The molecule has 0 saturated carbocycles. The highest BCUT2D eigenvalue weighted by molar-refractivity contribution is 5.01. The molecule has 0 bridgehead atoms. The summed E-state index contributed by atoms with van der Waals surface area (Å²) in [5, 5.41) is 0. The first-order valence-corrected chi connectivity index (χ1v) is 6.61. The van der Waals surface area contributed by atoms with Crippen LogP contribution in [0.15, 0.2) is 23.8 Å². The summed E-state index contributed by atoms with van der Waals surface area (Å²) in [7, 11) is 0. The Morgan fingerprint density at radius 3 is 2.33 bits per heavy atom. The van der Waals surface area contributed by atoms with E-state index in [9.17, 15) is 0 Å². The molecule has 0 aliphatic heterocycles. The fraction of sp³-hybridized carbons (Fsp3) is 0.733. The van der Waals surface area contributed by atoms with Gasteiger partial charge in [-0.1, -0.05) is 63.3 Å². The Hall–Kier alpha value is -0.520. The molecular weight excluding hydrogens is 180 g/mol. The van der Waals surface area contributed by atoms with E-state index in [4.69, 9.17) is 0 Å². The Bertz CT molecular complexity index is 174. The molecule has 0 aliphatic carbocycles. The zero-order chi connectivity index (χ0) is 11.4. The number of allylic oxidation sites excluding steroid dienone is 4. The first-order valence-electron chi connectivity index (χ1n) is 6.61. The Labute approximate surface area is 96.5 Å². The quantitative estimate of drug-likeness (QED) is 0.339. The highest BCUT2D eigenvalue weighted by Crippen LogP contribution is 2.06. The average molecular weight is 208 g/mol. The molecule has 0 aromatic rings. The molecule has 0 saturated heterocycles. The van der Waals surface area contributed by atoms with Crippen molar-refractivity contribution in [1.82, 2.24) is 0 Å². The Morgan fingerprint density at radius 1 is 0.933 bits per heavy atom. The van der Waals surface area contributed by atoms with E-state index < -0.39 is 0 Å². The van der Waals surface area contributed by atoms with Crippen LogP contribution in [0.25, 0.3) is 0 Å². The molecule has 0 N–H and O–H groups in total. The van der Waals surface area contributed by atoms with Gasteiger partial charge in [0.05, 0.1) is 0 Å². The lowest BCUT2D eigenvalue weighted by atomic mass is 10.1. The van der Waals surface area contributed by atoms with Crippen molar-refractivity contribution in [3.63, 3.8) is 0 Å². The molecule has 0 nitrogen and oxygen atoms in total. The normalized spacial score (nSPS) is 12.6. The maximum atomic E-state index is 2.34. The molecular formula is C15H28. The maximum absolute atomic E-state index is 2.34. The lowest BCUT2D eigenvalue weighted by Crippen LogP contribution is -1.76. The molecule has 0 amide bonds. The van der Waals surface area contributed by atoms with Crippen LogP contribution in [0.5, 0.6) is 0 Å². The summed E-state index contributed by atoms with van der Waals surface area (Å²) in [5.41, 5.74) is 1.50. The van der Waals surface area contributed by atoms with Crippen molar-refractivity contribution < 1.29 is 0 Å². The topological polar surface area (TPSA) is 0 Å². The van der Waals surface area contributed by atoms with Gasteiger partial charge in [-0.2, -0.15) is 0 Å². The van der Waals surface area contributed by atoms with Gasteiger partial charge in [0.25, 0.3) is 0 Å².